The monoisotopic (exact) mass is 548 g/mol. The van der Waals surface area contributed by atoms with Gasteiger partial charge in [-0.1, -0.05) is 12.8 Å². The average Bonchev–Trinajstić information content (AvgIpc) is 3.77. The molecule has 40 heavy (non-hydrogen) atoms. The maximum Gasteiger partial charge on any atom is 0.250 e. The molecule has 0 aliphatic heterocycles. The van der Waals surface area contributed by atoms with Crippen molar-refractivity contribution in [2.24, 2.45) is 0 Å². The fraction of sp³-hybridized carbons (Fsp3) is 0.393. The molecular formula is C28H32N6O6. The minimum Gasteiger partial charge on any atom is -0.493 e. The van der Waals surface area contributed by atoms with Crippen LogP contribution in [-0.4, -0.2) is 57.2 Å². The lowest BCUT2D eigenvalue weighted by molar-refractivity contribution is -0.143. The van der Waals surface area contributed by atoms with Crippen molar-refractivity contribution in [3.8, 4) is 22.9 Å². The first-order valence-electron chi connectivity index (χ1n) is 13.1. The van der Waals surface area contributed by atoms with Crippen molar-refractivity contribution >= 4 is 11.8 Å². The number of carbonyl (C=O) groups excluding carboxylic acids is 2. The highest BCUT2D eigenvalue weighted by Gasteiger charge is 2.36. The second-order valence-corrected chi connectivity index (χ2v) is 9.66. The van der Waals surface area contributed by atoms with E-state index in [4.69, 9.17) is 18.3 Å². The molecule has 5 rings (SSSR count). The van der Waals surface area contributed by atoms with Crippen molar-refractivity contribution < 1.29 is 27.9 Å². The van der Waals surface area contributed by atoms with Gasteiger partial charge in [0.25, 0.3) is 5.91 Å². The molecule has 1 fully saturated rings. The molecule has 1 aromatic carbocycles. The predicted octanol–water partition coefficient (Wildman–Crippen LogP) is 3.68. The number of benzene rings is 1. The second kappa shape index (κ2) is 12.1. The van der Waals surface area contributed by atoms with Crippen molar-refractivity contribution in [3.63, 3.8) is 0 Å². The number of aromatic nitrogens is 4. The van der Waals surface area contributed by atoms with Gasteiger partial charge in [-0.2, -0.15) is 4.80 Å². The van der Waals surface area contributed by atoms with Gasteiger partial charge < -0.3 is 28.5 Å². The molecule has 210 valence electrons. The van der Waals surface area contributed by atoms with Crippen LogP contribution in [0.4, 0.5) is 0 Å². The standard InChI is InChI=1S/C28H32N6O6/c1-18-10-12-23(40-18)26(28(36)29-20-7-4-5-8-20)33(16-21-9-6-14-39-21)25(35)17-34-31-27(30-32-34)19-11-13-22(37-2)24(15-19)38-3/h6,9-15,20,26H,4-5,7-8,16-17H2,1-3H3,(H,29,36)/t26-/m1/s1. The van der Waals surface area contributed by atoms with Crippen LogP contribution in [-0.2, 0) is 22.7 Å². The Morgan fingerprint density at radius 2 is 1.93 bits per heavy atom. The van der Waals surface area contributed by atoms with E-state index in [1.807, 2.05) is 0 Å². The van der Waals surface area contributed by atoms with Gasteiger partial charge in [0.2, 0.25) is 11.7 Å². The maximum atomic E-state index is 13.8. The van der Waals surface area contributed by atoms with E-state index in [2.05, 4.69) is 20.7 Å². The highest BCUT2D eigenvalue weighted by Crippen LogP contribution is 2.31. The summed E-state index contributed by atoms with van der Waals surface area (Å²) in [6, 6.07) is 11.3. The van der Waals surface area contributed by atoms with Crippen LogP contribution < -0.4 is 14.8 Å². The summed E-state index contributed by atoms with van der Waals surface area (Å²) in [5, 5.41) is 15.7. The SMILES string of the molecule is COc1ccc(-c2nnn(CC(=O)N(Cc3ccco3)[C@@H](C(=O)NC3CCCC3)c3ccc(C)o3)n2)cc1OC. The number of aryl methyl sites for hydroxylation is 1. The lowest BCUT2D eigenvalue weighted by Crippen LogP contribution is -2.46. The molecule has 2 amide bonds. The third-order valence-electron chi connectivity index (χ3n) is 6.89. The molecule has 0 unspecified atom stereocenters. The van der Waals surface area contributed by atoms with Crippen LogP contribution in [0.2, 0.25) is 0 Å². The summed E-state index contributed by atoms with van der Waals surface area (Å²) in [6.45, 7) is 1.59. The summed E-state index contributed by atoms with van der Waals surface area (Å²) in [4.78, 5) is 30.1. The number of tetrazole rings is 1. The highest BCUT2D eigenvalue weighted by atomic mass is 16.5. The topological polar surface area (TPSA) is 138 Å². The number of carbonyl (C=O) groups is 2. The first-order valence-corrected chi connectivity index (χ1v) is 13.1. The molecule has 4 aromatic rings. The Bertz CT molecular complexity index is 1440. The summed E-state index contributed by atoms with van der Waals surface area (Å²) in [6.07, 6.45) is 5.46. The Kier molecular flexibility index (Phi) is 8.13. The van der Waals surface area contributed by atoms with E-state index in [9.17, 15) is 9.59 Å². The number of hydrogen-bond acceptors (Lipinski definition) is 9. The van der Waals surface area contributed by atoms with Crippen molar-refractivity contribution in [3.05, 3.63) is 66.0 Å². The minimum atomic E-state index is -1.01. The van der Waals surface area contributed by atoms with E-state index in [0.29, 0.717) is 40.2 Å². The third-order valence-corrected chi connectivity index (χ3v) is 6.89. The summed E-state index contributed by atoms with van der Waals surface area (Å²) >= 11 is 0. The molecule has 3 heterocycles. The summed E-state index contributed by atoms with van der Waals surface area (Å²) < 4.78 is 22.1. The molecule has 0 spiro atoms. The average molecular weight is 549 g/mol. The Hall–Kier alpha value is -4.61. The molecule has 0 radical (unpaired) electrons. The summed E-state index contributed by atoms with van der Waals surface area (Å²) in [5.74, 6) is 2.20. The van der Waals surface area contributed by atoms with E-state index >= 15 is 0 Å². The molecular weight excluding hydrogens is 516 g/mol. The molecule has 0 bridgehead atoms. The van der Waals surface area contributed by atoms with Crippen molar-refractivity contribution in [1.29, 1.82) is 0 Å². The van der Waals surface area contributed by atoms with Crippen LogP contribution in [0, 0.1) is 6.92 Å². The molecule has 12 nitrogen and oxygen atoms in total. The number of nitrogens with zero attached hydrogens (tertiary/aromatic N) is 5. The normalized spacial score (nSPS) is 14.2. The summed E-state index contributed by atoms with van der Waals surface area (Å²) in [5.41, 5.74) is 0.642. The van der Waals surface area contributed by atoms with Gasteiger partial charge in [0.1, 0.15) is 23.8 Å². The zero-order valence-electron chi connectivity index (χ0n) is 22.7. The number of ether oxygens (including phenoxy) is 2. The van der Waals surface area contributed by atoms with Gasteiger partial charge in [0.05, 0.1) is 27.0 Å². The number of hydrogen-bond donors (Lipinski definition) is 1. The van der Waals surface area contributed by atoms with Gasteiger partial charge in [-0.05, 0) is 67.4 Å². The molecule has 3 aromatic heterocycles. The van der Waals surface area contributed by atoms with Crippen LogP contribution in [0.15, 0.2) is 57.6 Å². The fourth-order valence-electron chi connectivity index (χ4n) is 4.88. The Morgan fingerprint density at radius 1 is 1.12 bits per heavy atom. The molecule has 1 aliphatic rings. The Balaban J connectivity index is 1.42. The third kappa shape index (κ3) is 6.00. The summed E-state index contributed by atoms with van der Waals surface area (Å²) in [7, 11) is 3.09. The maximum absolute atomic E-state index is 13.8. The first kappa shape index (κ1) is 27.0. The van der Waals surface area contributed by atoms with Gasteiger partial charge in [-0.15, -0.1) is 10.2 Å². The van der Waals surface area contributed by atoms with Crippen LogP contribution in [0.5, 0.6) is 11.5 Å². The van der Waals surface area contributed by atoms with Gasteiger partial charge in [-0.3, -0.25) is 9.59 Å². The smallest absolute Gasteiger partial charge is 0.250 e. The van der Waals surface area contributed by atoms with E-state index in [0.717, 1.165) is 25.7 Å². The van der Waals surface area contributed by atoms with E-state index < -0.39 is 11.9 Å². The largest absolute Gasteiger partial charge is 0.493 e. The zero-order valence-corrected chi connectivity index (χ0v) is 22.7. The number of furan rings is 2. The molecule has 1 aliphatic carbocycles. The van der Waals surface area contributed by atoms with E-state index in [1.54, 1.807) is 56.5 Å². The van der Waals surface area contributed by atoms with Crippen LogP contribution in [0.25, 0.3) is 11.4 Å². The highest BCUT2D eigenvalue weighted by molar-refractivity contribution is 5.88. The molecule has 1 atom stereocenters. The number of methoxy groups -OCH3 is 2. The van der Waals surface area contributed by atoms with Crippen LogP contribution >= 0.6 is 0 Å². The van der Waals surface area contributed by atoms with Crippen molar-refractivity contribution in [1.82, 2.24) is 30.4 Å². The van der Waals surface area contributed by atoms with E-state index in [1.165, 1.54) is 23.1 Å². The van der Waals surface area contributed by atoms with Crippen molar-refractivity contribution in [2.45, 2.75) is 57.8 Å². The molecule has 1 saturated carbocycles. The predicted molar refractivity (Wildman–Crippen MR) is 142 cm³/mol. The Labute approximate surface area is 231 Å². The number of nitrogens with one attached hydrogen (secondary N) is 1. The lowest BCUT2D eigenvalue weighted by Gasteiger charge is -2.30. The van der Waals surface area contributed by atoms with Gasteiger partial charge >= 0.3 is 0 Å². The number of rotatable bonds is 11. The van der Waals surface area contributed by atoms with E-state index in [-0.39, 0.29) is 25.0 Å². The molecule has 1 N–H and O–H groups in total. The molecule has 0 saturated heterocycles. The molecule has 12 heteroatoms. The van der Waals surface area contributed by atoms with Gasteiger partial charge in [0.15, 0.2) is 17.5 Å². The second-order valence-electron chi connectivity index (χ2n) is 9.66. The van der Waals surface area contributed by atoms with Gasteiger partial charge in [-0.25, -0.2) is 0 Å². The first-order chi connectivity index (χ1) is 19.4. The fourth-order valence-corrected chi connectivity index (χ4v) is 4.88. The quantitative estimate of drug-likeness (QED) is 0.297. The van der Waals surface area contributed by atoms with Crippen molar-refractivity contribution in [2.75, 3.05) is 14.2 Å². The zero-order chi connectivity index (χ0) is 28.1. The Morgan fingerprint density at radius 3 is 2.60 bits per heavy atom. The minimum absolute atomic E-state index is 0.0472. The van der Waals surface area contributed by atoms with Crippen LogP contribution in [0.1, 0.15) is 49.0 Å². The van der Waals surface area contributed by atoms with Gasteiger partial charge in [0, 0.05) is 11.6 Å². The lowest BCUT2D eigenvalue weighted by atomic mass is 10.1. The van der Waals surface area contributed by atoms with Crippen LogP contribution in [0.3, 0.4) is 0 Å². The number of amides is 2.